The molecule has 2 N–H and O–H groups in total. The van der Waals surface area contributed by atoms with E-state index in [0.717, 1.165) is 5.39 Å². The Balaban J connectivity index is 1.38. The Morgan fingerprint density at radius 3 is 2.44 bits per heavy atom. The van der Waals surface area contributed by atoms with Gasteiger partial charge in [0.25, 0.3) is 5.91 Å². The Hall–Kier alpha value is -4.50. The number of carbonyl (C=O) groups is 2. The number of carbonyl (C=O) groups excluding carboxylic acids is 2. The van der Waals surface area contributed by atoms with Crippen molar-refractivity contribution in [2.75, 3.05) is 13.7 Å². The number of aromatic amines is 1. The third-order valence-corrected chi connectivity index (χ3v) is 7.26. The molecule has 0 fully saturated rings. The number of para-hydroxylation sites is 1. The molecule has 1 heterocycles. The summed E-state index contributed by atoms with van der Waals surface area (Å²) in [5, 5.41) is 6.19. The van der Waals surface area contributed by atoms with Crippen molar-refractivity contribution in [3.05, 3.63) is 111 Å². The van der Waals surface area contributed by atoms with Crippen molar-refractivity contribution in [2.45, 2.75) is 6.92 Å². The summed E-state index contributed by atoms with van der Waals surface area (Å²) < 4.78 is 16.6. The summed E-state index contributed by atoms with van der Waals surface area (Å²) >= 11 is 19.0. The molecule has 11 heteroatoms. The van der Waals surface area contributed by atoms with Crippen LogP contribution < -0.4 is 19.6 Å². The zero-order valence-electron chi connectivity index (χ0n) is 22.9. The van der Waals surface area contributed by atoms with Gasteiger partial charge in [-0.05, 0) is 61.0 Å². The van der Waals surface area contributed by atoms with Gasteiger partial charge in [-0.2, -0.15) is 5.10 Å². The number of rotatable bonds is 9. The number of halogens is 3. The summed E-state index contributed by atoms with van der Waals surface area (Å²) in [7, 11) is 1.45. The molecule has 0 bridgehead atoms. The second-order valence-corrected chi connectivity index (χ2v) is 10.3. The Morgan fingerprint density at radius 1 is 0.907 bits per heavy atom. The Labute approximate surface area is 262 Å². The molecule has 0 aliphatic carbocycles. The van der Waals surface area contributed by atoms with Crippen LogP contribution in [0.4, 0.5) is 0 Å². The molecule has 0 aliphatic rings. The van der Waals surface area contributed by atoms with E-state index in [1.165, 1.54) is 19.4 Å². The van der Waals surface area contributed by atoms with Gasteiger partial charge in [-0.15, -0.1) is 0 Å². The normalized spacial score (nSPS) is 11.1. The summed E-state index contributed by atoms with van der Waals surface area (Å²) in [4.78, 5) is 29.4. The van der Waals surface area contributed by atoms with E-state index >= 15 is 0 Å². The average molecular weight is 637 g/mol. The minimum atomic E-state index is -0.665. The van der Waals surface area contributed by atoms with Gasteiger partial charge in [0.15, 0.2) is 11.5 Å². The van der Waals surface area contributed by atoms with E-state index in [9.17, 15) is 9.59 Å². The van der Waals surface area contributed by atoms with Crippen LogP contribution in [0, 0.1) is 0 Å². The standard InChI is InChI=1S/C32H24Cl3N3O5/c1-3-42-27-15-18(11-13-26(27)43-32(40)22-16-19(33)12-14-25(22)41-2)17-36-38-31(39)30-28(20-7-4-5-9-23(20)34)21-8-6-10-24(35)29(21)37-30/h4-17,37H,3H2,1-2H3,(H,38,39). The zero-order valence-corrected chi connectivity index (χ0v) is 25.2. The van der Waals surface area contributed by atoms with Gasteiger partial charge in [-0.1, -0.05) is 65.1 Å². The van der Waals surface area contributed by atoms with Crippen molar-refractivity contribution in [1.29, 1.82) is 0 Å². The van der Waals surface area contributed by atoms with E-state index in [2.05, 4.69) is 15.5 Å². The lowest BCUT2D eigenvalue weighted by atomic mass is 10.0. The number of hydrogen-bond acceptors (Lipinski definition) is 6. The van der Waals surface area contributed by atoms with Crippen LogP contribution in [0.5, 0.6) is 17.2 Å². The van der Waals surface area contributed by atoms with Crippen molar-refractivity contribution in [3.8, 4) is 28.4 Å². The van der Waals surface area contributed by atoms with Crippen LogP contribution in [-0.2, 0) is 0 Å². The first-order valence-electron chi connectivity index (χ1n) is 13.0. The molecule has 0 saturated carbocycles. The van der Waals surface area contributed by atoms with Crippen LogP contribution in [0.1, 0.15) is 33.3 Å². The second-order valence-electron chi connectivity index (χ2n) is 9.09. The summed E-state index contributed by atoms with van der Waals surface area (Å²) in [6.07, 6.45) is 1.44. The highest BCUT2D eigenvalue weighted by molar-refractivity contribution is 6.37. The zero-order chi connectivity index (χ0) is 30.5. The van der Waals surface area contributed by atoms with Crippen molar-refractivity contribution < 1.29 is 23.8 Å². The van der Waals surface area contributed by atoms with Gasteiger partial charge in [-0.3, -0.25) is 4.79 Å². The van der Waals surface area contributed by atoms with Gasteiger partial charge < -0.3 is 19.2 Å². The van der Waals surface area contributed by atoms with E-state index in [0.29, 0.717) is 55.4 Å². The lowest BCUT2D eigenvalue weighted by Gasteiger charge is -2.13. The predicted molar refractivity (Wildman–Crippen MR) is 169 cm³/mol. The van der Waals surface area contributed by atoms with Crippen LogP contribution in [0.25, 0.3) is 22.0 Å². The number of hydrogen-bond donors (Lipinski definition) is 2. The lowest BCUT2D eigenvalue weighted by molar-refractivity contribution is 0.0724. The SMILES string of the molecule is CCOc1cc(C=NNC(=O)c2[nH]c3c(Cl)cccc3c2-c2ccccc2Cl)ccc1OC(=O)c1cc(Cl)ccc1OC. The van der Waals surface area contributed by atoms with Gasteiger partial charge in [0, 0.05) is 26.6 Å². The fourth-order valence-corrected chi connectivity index (χ4v) is 5.09. The number of fused-ring (bicyclic) bond motifs is 1. The van der Waals surface area contributed by atoms with Crippen LogP contribution in [-0.4, -0.2) is 36.8 Å². The number of H-pyrrole nitrogens is 1. The van der Waals surface area contributed by atoms with Gasteiger partial charge in [-0.25, -0.2) is 10.2 Å². The second kappa shape index (κ2) is 13.2. The van der Waals surface area contributed by atoms with E-state index in [1.807, 2.05) is 24.3 Å². The predicted octanol–water partition coefficient (Wildman–Crippen LogP) is 8.19. The molecule has 0 radical (unpaired) electrons. The average Bonchev–Trinajstić information content (AvgIpc) is 3.39. The quantitative estimate of drug-likeness (QED) is 0.0735. The maximum atomic E-state index is 13.3. The molecule has 43 heavy (non-hydrogen) atoms. The van der Waals surface area contributed by atoms with Crippen molar-refractivity contribution in [2.24, 2.45) is 5.10 Å². The molecule has 1 amide bonds. The highest BCUT2D eigenvalue weighted by Gasteiger charge is 2.22. The maximum absolute atomic E-state index is 13.3. The molecule has 218 valence electrons. The summed E-state index contributed by atoms with van der Waals surface area (Å²) in [6.45, 7) is 2.12. The van der Waals surface area contributed by atoms with Gasteiger partial charge in [0.05, 0.1) is 30.5 Å². The smallest absolute Gasteiger partial charge is 0.347 e. The Kier molecular flexibility index (Phi) is 9.21. The number of nitrogens with zero attached hydrogens (tertiary/aromatic N) is 1. The molecule has 1 aromatic heterocycles. The van der Waals surface area contributed by atoms with Crippen molar-refractivity contribution >= 4 is 63.8 Å². The fraction of sp³-hybridized carbons (Fsp3) is 0.0938. The summed E-state index contributed by atoms with van der Waals surface area (Å²) in [5.41, 5.74) is 5.44. The number of benzene rings is 4. The molecule has 0 unspecified atom stereocenters. The number of aromatic nitrogens is 1. The van der Waals surface area contributed by atoms with Gasteiger partial charge in [0.1, 0.15) is 17.0 Å². The van der Waals surface area contributed by atoms with Crippen LogP contribution >= 0.6 is 34.8 Å². The first-order chi connectivity index (χ1) is 20.8. The number of esters is 1. The maximum Gasteiger partial charge on any atom is 0.347 e. The molecule has 0 spiro atoms. The molecule has 5 rings (SSSR count). The molecular weight excluding hydrogens is 613 g/mol. The molecule has 8 nitrogen and oxygen atoms in total. The third kappa shape index (κ3) is 6.46. The van der Waals surface area contributed by atoms with Crippen LogP contribution in [0.3, 0.4) is 0 Å². The molecule has 5 aromatic rings. The fourth-order valence-electron chi connectivity index (χ4n) is 4.47. The van der Waals surface area contributed by atoms with Gasteiger partial charge >= 0.3 is 5.97 Å². The third-order valence-electron chi connectivity index (χ3n) is 6.38. The largest absolute Gasteiger partial charge is 0.496 e. The number of nitrogens with one attached hydrogen (secondary N) is 2. The minimum Gasteiger partial charge on any atom is -0.496 e. The van der Waals surface area contributed by atoms with E-state index in [4.69, 9.17) is 49.0 Å². The number of amides is 1. The van der Waals surface area contributed by atoms with E-state index in [-0.39, 0.29) is 17.0 Å². The molecule has 4 aromatic carbocycles. The molecular formula is C32H24Cl3N3O5. The van der Waals surface area contributed by atoms with Crippen LogP contribution in [0.2, 0.25) is 15.1 Å². The number of methoxy groups -OCH3 is 1. The van der Waals surface area contributed by atoms with Crippen molar-refractivity contribution in [3.63, 3.8) is 0 Å². The molecule has 0 aliphatic heterocycles. The van der Waals surface area contributed by atoms with E-state index < -0.39 is 11.9 Å². The highest BCUT2D eigenvalue weighted by Crippen LogP contribution is 2.38. The monoisotopic (exact) mass is 635 g/mol. The first kappa shape index (κ1) is 30.0. The van der Waals surface area contributed by atoms with Crippen molar-refractivity contribution in [1.82, 2.24) is 10.4 Å². The number of ether oxygens (including phenoxy) is 3. The Bertz CT molecular complexity index is 1870. The van der Waals surface area contributed by atoms with E-state index in [1.54, 1.807) is 55.5 Å². The Morgan fingerprint density at radius 2 is 1.67 bits per heavy atom. The van der Waals surface area contributed by atoms with Crippen LogP contribution in [0.15, 0.2) is 84.0 Å². The number of hydrazone groups is 1. The molecule has 0 saturated heterocycles. The highest BCUT2D eigenvalue weighted by atomic mass is 35.5. The summed E-state index contributed by atoms with van der Waals surface area (Å²) in [5.74, 6) is -0.346. The molecule has 0 atom stereocenters. The van der Waals surface area contributed by atoms with Gasteiger partial charge in [0.2, 0.25) is 0 Å². The first-order valence-corrected chi connectivity index (χ1v) is 14.1. The summed E-state index contributed by atoms with van der Waals surface area (Å²) in [6, 6.07) is 22.2. The lowest BCUT2D eigenvalue weighted by Crippen LogP contribution is -2.19. The minimum absolute atomic E-state index is 0.167. The topological polar surface area (TPSA) is 102 Å².